The van der Waals surface area contributed by atoms with Crippen LogP contribution in [0, 0.1) is 17.0 Å². The minimum Gasteiger partial charge on any atom is -0.351 e. The normalized spacial score (nSPS) is 21.4. The third kappa shape index (κ3) is 2.80. The smallest absolute Gasteiger partial charge is 0.252 e. The van der Waals surface area contributed by atoms with Gasteiger partial charge in [0.05, 0.1) is 10.6 Å². The third-order valence-electron chi connectivity index (χ3n) is 5.03. The van der Waals surface area contributed by atoms with Crippen LogP contribution in [0.2, 0.25) is 5.02 Å². The molecule has 0 bridgehead atoms. The first kappa shape index (κ1) is 16.9. The van der Waals surface area contributed by atoms with E-state index >= 15 is 0 Å². The van der Waals surface area contributed by atoms with Crippen LogP contribution in [0.1, 0.15) is 36.2 Å². The molecule has 126 valence electrons. The van der Waals surface area contributed by atoms with Crippen LogP contribution < -0.4 is 5.32 Å². The van der Waals surface area contributed by atoms with Crippen LogP contribution in [0.4, 0.5) is 8.78 Å². The summed E-state index contributed by atoms with van der Waals surface area (Å²) in [4.78, 5) is 12.4. The number of hydrogen-bond acceptors (Lipinski definition) is 1. The second-order valence-electron chi connectivity index (χ2n) is 6.93. The molecule has 1 unspecified atom stereocenters. The van der Waals surface area contributed by atoms with Crippen LogP contribution in [-0.4, -0.2) is 12.5 Å². The van der Waals surface area contributed by atoms with E-state index in [1.165, 1.54) is 12.1 Å². The van der Waals surface area contributed by atoms with Crippen molar-refractivity contribution in [3.8, 4) is 0 Å². The lowest BCUT2D eigenvalue weighted by molar-refractivity contribution is 0.0947. The molecule has 24 heavy (non-hydrogen) atoms. The van der Waals surface area contributed by atoms with Crippen LogP contribution in [-0.2, 0) is 5.41 Å². The molecule has 1 fully saturated rings. The van der Waals surface area contributed by atoms with Gasteiger partial charge in [0.2, 0.25) is 0 Å². The van der Waals surface area contributed by atoms with Crippen LogP contribution in [0.15, 0.2) is 42.5 Å². The topological polar surface area (TPSA) is 29.1 Å². The Hall–Kier alpha value is -1.94. The van der Waals surface area contributed by atoms with E-state index in [4.69, 9.17) is 11.6 Å². The van der Waals surface area contributed by atoms with Gasteiger partial charge < -0.3 is 5.32 Å². The van der Waals surface area contributed by atoms with E-state index in [2.05, 4.69) is 5.32 Å². The van der Waals surface area contributed by atoms with Crippen molar-refractivity contribution in [2.45, 2.75) is 25.7 Å². The first-order valence-electron chi connectivity index (χ1n) is 7.75. The number of nitrogens with one attached hydrogen (secondary N) is 1. The zero-order valence-electron chi connectivity index (χ0n) is 13.5. The molecule has 0 radical (unpaired) electrons. The van der Waals surface area contributed by atoms with E-state index in [0.717, 1.165) is 6.07 Å². The lowest BCUT2D eigenvalue weighted by atomic mass is 9.87. The highest BCUT2D eigenvalue weighted by molar-refractivity contribution is 6.33. The van der Waals surface area contributed by atoms with Crippen molar-refractivity contribution in [1.29, 1.82) is 0 Å². The van der Waals surface area contributed by atoms with Crippen molar-refractivity contribution in [1.82, 2.24) is 5.32 Å². The monoisotopic (exact) mass is 349 g/mol. The van der Waals surface area contributed by atoms with Gasteiger partial charge >= 0.3 is 0 Å². The molecule has 1 aliphatic rings. The third-order valence-corrected chi connectivity index (χ3v) is 5.36. The van der Waals surface area contributed by atoms with Gasteiger partial charge in [-0.05, 0) is 35.6 Å². The van der Waals surface area contributed by atoms with E-state index in [-0.39, 0.29) is 17.9 Å². The van der Waals surface area contributed by atoms with E-state index < -0.39 is 17.0 Å². The van der Waals surface area contributed by atoms with E-state index in [0.29, 0.717) is 22.6 Å². The lowest BCUT2D eigenvalue weighted by Gasteiger charge is -2.22. The van der Waals surface area contributed by atoms with Gasteiger partial charge in [0.1, 0.15) is 11.6 Å². The van der Waals surface area contributed by atoms with Gasteiger partial charge in [0.15, 0.2) is 0 Å². The van der Waals surface area contributed by atoms with Crippen LogP contribution >= 0.6 is 11.6 Å². The van der Waals surface area contributed by atoms with Gasteiger partial charge in [-0.1, -0.05) is 43.6 Å². The predicted molar refractivity (Wildman–Crippen MR) is 90.2 cm³/mol. The fraction of sp³-hybridized carbons (Fsp3) is 0.316. The molecule has 2 aromatic rings. The number of rotatable bonds is 4. The SMILES string of the molecule is CC1(C)CC1(CNC(=O)c1ccccc1Cl)c1ccc(F)cc1F. The summed E-state index contributed by atoms with van der Waals surface area (Å²) in [5, 5.41) is 3.22. The summed E-state index contributed by atoms with van der Waals surface area (Å²) in [7, 11) is 0. The fourth-order valence-electron chi connectivity index (χ4n) is 3.42. The minimum absolute atomic E-state index is 0.181. The predicted octanol–water partition coefficient (Wildman–Crippen LogP) is 4.72. The molecule has 0 aromatic heterocycles. The molecule has 5 heteroatoms. The van der Waals surface area contributed by atoms with E-state index in [9.17, 15) is 13.6 Å². The highest BCUT2D eigenvalue weighted by atomic mass is 35.5. The average molecular weight is 350 g/mol. The van der Waals surface area contributed by atoms with Crippen LogP contribution in [0.5, 0.6) is 0 Å². The Bertz CT molecular complexity index is 806. The second kappa shape index (κ2) is 5.85. The fourth-order valence-corrected chi connectivity index (χ4v) is 3.64. The maximum Gasteiger partial charge on any atom is 0.252 e. The maximum atomic E-state index is 14.3. The number of amides is 1. The quantitative estimate of drug-likeness (QED) is 0.850. The summed E-state index contributed by atoms with van der Waals surface area (Å²) in [6, 6.07) is 10.4. The molecule has 1 aliphatic carbocycles. The molecule has 0 aliphatic heterocycles. The average Bonchev–Trinajstić information content (AvgIpc) is 3.07. The number of carbonyl (C=O) groups is 1. The zero-order chi connectivity index (χ0) is 17.5. The van der Waals surface area contributed by atoms with Crippen LogP contribution in [0.25, 0.3) is 0 Å². The van der Waals surface area contributed by atoms with E-state index in [1.807, 2.05) is 13.8 Å². The van der Waals surface area contributed by atoms with Gasteiger partial charge in [-0.2, -0.15) is 0 Å². The number of carbonyl (C=O) groups excluding carboxylic acids is 1. The summed E-state index contributed by atoms with van der Waals surface area (Å²) in [5.74, 6) is -1.48. The van der Waals surface area contributed by atoms with Gasteiger partial charge in [0, 0.05) is 18.0 Å². The lowest BCUT2D eigenvalue weighted by Crippen LogP contribution is -2.35. The largest absolute Gasteiger partial charge is 0.351 e. The van der Waals surface area contributed by atoms with Crippen molar-refractivity contribution < 1.29 is 13.6 Å². The maximum absolute atomic E-state index is 14.3. The van der Waals surface area contributed by atoms with Gasteiger partial charge in [0.25, 0.3) is 5.91 Å². The van der Waals surface area contributed by atoms with Gasteiger partial charge in [-0.15, -0.1) is 0 Å². The Balaban J connectivity index is 1.84. The van der Waals surface area contributed by atoms with Crippen molar-refractivity contribution in [2.75, 3.05) is 6.54 Å². The van der Waals surface area contributed by atoms with Crippen LogP contribution in [0.3, 0.4) is 0 Å². The Morgan fingerprint density at radius 2 is 1.88 bits per heavy atom. The van der Waals surface area contributed by atoms with Crippen molar-refractivity contribution in [3.63, 3.8) is 0 Å². The first-order chi connectivity index (χ1) is 11.3. The molecule has 1 atom stereocenters. The summed E-state index contributed by atoms with van der Waals surface area (Å²) in [5.41, 5.74) is 0.0990. The van der Waals surface area contributed by atoms with Crippen molar-refractivity contribution in [3.05, 3.63) is 70.2 Å². The molecule has 0 saturated heterocycles. The molecule has 0 spiro atoms. The molecular formula is C19H18ClF2NO. The van der Waals surface area contributed by atoms with Crippen molar-refractivity contribution >= 4 is 17.5 Å². The summed E-state index contributed by atoms with van der Waals surface area (Å²) in [6.07, 6.45) is 0.714. The standard InChI is InChI=1S/C19H18ClF2NO/c1-18(2)10-19(18,14-8-7-12(21)9-16(14)22)11-23-17(24)13-5-3-4-6-15(13)20/h3-9H,10-11H2,1-2H3,(H,23,24). The summed E-state index contributed by atoms with van der Waals surface area (Å²) < 4.78 is 27.5. The molecule has 1 saturated carbocycles. The van der Waals surface area contributed by atoms with E-state index in [1.54, 1.807) is 24.3 Å². The summed E-state index contributed by atoms with van der Waals surface area (Å²) in [6.45, 7) is 4.29. The number of hydrogen-bond donors (Lipinski definition) is 1. The highest BCUT2D eigenvalue weighted by Gasteiger charge is 2.62. The molecule has 2 aromatic carbocycles. The Kier molecular flexibility index (Phi) is 4.12. The summed E-state index contributed by atoms with van der Waals surface area (Å²) >= 11 is 6.04. The molecule has 0 heterocycles. The molecule has 1 amide bonds. The first-order valence-corrected chi connectivity index (χ1v) is 8.13. The molecule has 2 nitrogen and oxygen atoms in total. The highest BCUT2D eigenvalue weighted by Crippen LogP contribution is 2.64. The molecular weight excluding hydrogens is 332 g/mol. The Morgan fingerprint density at radius 1 is 1.21 bits per heavy atom. The number of benzene rings is 2. The molecule has 1 N–H and O–H groups in total. The number of halogens is 3. The minimum atomic E-state index is -0.607. The second-order valence-corrected chi connectivity index (χ2v) is 7.34. The Morgan fingerprint density at radius 3 is 2.46 bits per heavy atom. The Labute approximate surface area is 144 Å². The van der Waals surface area contributed by atoms with Gasteiger partial charge in [-0.3, -0.25) is 4.79 Å². The zero-order valence-corrected chi connectivity index (χ0v) is 14.3. The van der Waals surface area contributed by atoms with Crippen molar-refractivity contribution in [2.24, 2.45) is 5.41 Å². The van der Waals surface area contributed by atoms with Gasteiger partial charge in [-0.25, -0.2) is 8.78 Å². The molecule has 3 rings (SSSR count).